The van der Waals surface area contributed by atoms with Gasteiger partial charge in [0.2, 0.25) is 0 Å². The molecular formula is C20H22N2O2. The highest BCUT2D eigenvalue weighted by atomic mass is 16.2. The molecule has 1 heterocycles. The monoisotopic (exact) mass is 322 g/mol. The van der Waals surface area contributed by atoms with Crippen LogP contribution in [0.5, 0.6) is 0 Å². The van der Waals surface area contributed by atoms with Crippen molar-refractivity contribution in [3.63, 3.8) is 0 Å². The van der Waals surface area contributed by atoms with Gasteiger partial charge in [0.25, 0.3) is 5.91 Å². The smallest absolute Gasteiger partial charge is 0.319 e. The molecule has 3 rings (SSSR count). The van der Waals surface area contributed by atoms with E-state index in [0.717, 1.165) is 23.1 Å². The maximum absolute atomic E-state index is 13.2. The maximum Gasteiger partial charge on any atom is 0.325 e. The molecule has 1 N–H and O–H groups in total. The van der Waals surface area contributed by atoms with Crippen molar-refractivity contribution in [2.24, 2.45) is 0 Å². The molecular weight excluding hydrogens is 300 g/mol. The minimum atomic E-state index is -0.948. The molecule has 1 aliphatic heterocycles. The first-order valence-electron chi connectivity index (χ1n) is 8.32. The fraction of sp³-hybridized carbons (Fsp3) is 0.300. The van der Waals surface area contributed by atoms with E-state index in [2.05, 4.69) is 5.32 Å². The molecule has 0 saturated carbocycles. The molecule has 124 valence electrons. The quantitative estimate of drug-likeness (QED) is 0.853. The predicted molar refractivity (Wildman–Crippen MR) is 93.3 cm³/mol. The molecule has 0 spiro atoms. The van der Waals surface area contributed by atoms with E-state index in [4.69, 9.17) is 0 Å². The largest absolute Gasteiger partial charge is 0.325 e. The molecule has 4 heteroatoms. The summed E-state index contributed by atoms with van der Waals surface area (Å²) >= 11 is 0. The van der Waals surface area contributed by atoms with Crippen LogP contribution in [0.1, 0.15) is 36.5 Å². The Bertz CT molecular complexity index is 757. The van der Waals surface area contributed by atoms with Crippen LogP contribution < -0.4 is 5.32 Å². The van der Waals surface area contributed by atoms with E-state index < -0.39 is 5.54 Å². The van der Waals surface area contributed by atoms with Gasteiger partial charge in [0.15, 0.2) is 0 Å². The number of carbonyl (C=O) groups excluding carboxylic acids is 2. The number of hydrogen-bond donors (Lipinski definition) is 1. The lowest BCUT2D eigenvalue weighted by molar-refractivity contribution is -0.132. The molecule has 2 aromatic carbocycles. The lowest BCUT2D eigenvalue weighted by atomic mass is 9.85. The number of aryl methyl sites for hydroxylation is 1. The zero-order valence-corrected chi connectivity index (χ0v) is 14.1. The Balaban J connectivity index is 1.94. The molecule has 24 heavy (non-hydrogen) atoms. The minimum absolute atomic E-state index is 0.165. The number of amides is 3. The second kappa shape index (κ2) is 6.48. The number of imide groups is 1. The van der Waals surface area contributed by atoms with E-state index >= 15 is 0 Å². The first-order chi connectivity index (χ1) is 11.6. The Morgan fingerprint density at radius 2 is 1.79 bits per heavy atom. The molecule has 1 fully saturated rings. The highest BCUT2D eigenvalue weighted by Gasteiger charge is 2.51. The van der Waals surface area contributed by atoms with Gasteiger partial charge in [-0.2, -0.15) is 0 Å². The van der Waals surface area contributed by atoms with Crippen LogP contribution in [0.15, 0.2) is 54.6 Å². The summed E-state index contributed by atoms with van der Waals surface area (Å²) in [7, 11) is 0. The topological polar surface area (TPSA) is 49.4 Å². The van der Waals surface area contributed by atoms with Gasteiger partial charge in [-0.25, -0.2) is 4.79 Å². The molecule has 2 aromatic rings. The van der Waals surface area contributed by atoms with Gasteiger partial charge in [-0.15, -0.1) is 0 Å². The number of hydrogen-bond acceptors (Lipinski definition) is 2. The first-order valence-corrected chi connectivity index (χ1v) is 8.32. The molecule has 0 aliphatic carbocycles. The third-order valence-corrected chi connectivity index (χ3v) is 4.49. The number of urea groups is 1. The summed E-state index contributed by atoms with van der Waals surface area (Å²) in [6, 6.07) is 17.1. The van der Waals surface area contributed by atoms with E-state index in [1.54, 1.807) is 0 Å². The molecule has 1 atom stereocenters. The SMILES string of the molecule is CCCC1(c2ccccc2)NC(=O)N(Cc2cccc(C)c2)C1=O. The van der Waals surface area contributed by atoms with Gasteiger partial charge in [0.05, 0.1) is 6.54 Å². The molecule has 3 amide bonds. The van der Waals surface area contributed by atoms with Crippen molar-refractivity contribution in [3.8, 4) is 0 Å². The van der Waals surface area contributed by atoms with Crippen molar-refractivity contribution in [2.45, 2.75) is 38.8 Å². The minimum Gasteiger partial charge on any atom is -0.319 e. The number of carbonyl (C=O) groups is 2. The fourth-order valence-corrected chi connectivity index (χ4v) is 3.37. The van der Waals surface area contributed by atoms with Gasteiger partial charge in [-0.05, 0) is 24.5 Å². The van der Waals surface area contributed by atoms with Crippen LogP contribution in [0.4, 0.5) is 4.79 Å². The van der Waals surface area contributed by atoms with Crippen molar-refractivity contribution in [1.82, 2.24) is 10.2 Å². The van der Waals surface area contributed by atoms with Gasteiger partial charge in [-0.1, -0.05) is 73.5 Å². The lowest BCUT2D eigenvalue weighted by Crippen LogP contribution is -2.43. The van der Waals surface area contributed by atoms with Crippen LogP contribution in [0.3, 0.4) is 0 Å². The van der Waals surface area contributed by atoms with Crippen LogP contribution in [-0.2, 0) is 16.9 Å². The lowest BCUT2D eigenvalue weighted by Gasteiger charge is -2.27. The normalized spacial score (nSPS) is 20.3. The Kier molecular flexibility index (Phi) is 4.38. The molecule has 0 bridgehead atoms. The molecule has 0 aromatic heterocycles. The van der Waals surface area contributed by atoms with Crippen molar-refractivity contribution in [2.75, 3.05) is 0 Å². The second-order valence-electron chi connectivity index (χ2n) is 6.33. The summed E-state index contributed by atoms with van der Waals surface area (Å²) in [5.74, 6) is -0.165. The number of nitrogens with zero attached hydrogens (tertiary/aromatic N) is 1. The van der Waals surface area contributed by atoms with Gasteiger partial charge >= 0.3 is 6.03 Å². The molecule has 1 aliphatic rings. The van der Waals surface area contributed by atoms with Crippen molar-refractivity contribution < 1.29 is 9.59 Å². The maximum atomic E-state index is 13.2. The zero-order valence-electron chi connectivity index (χ0n) is 14.1. The average Bonchev–Trinajstić information content (AvgIpc) is 2.81. The van der Waals surface area contributed by atoms with E-state index in [9.17, 15) is 9.59 Å². The van der Waals surface area contributed by atoms with E-state index in [1.807, 2.05) is 68.4 Å². The first kappa shape index (κ1) is 16.2. The number of benzene rings is 2. The van der Waals surface area contributed by atoms with Gasteiger partial charge < -0.3 is 5.32 Å². The Labute approximate surface area is 142 Å². The highest BCUT2D eigenvalue weighted by Crippen LogP contribution is 2.34. The van der Waals surface area contributed by atoms with Gasteiger partial charge in [0.1, 0.15) is 5.54 Å². The van der Waals surface area contributed by atoms with Crippen molar-refractivity contribution in [3.05, 3.63) is 71.3 Å². The summed E-state index contributed by atoms with van der Waals surface area (Å²) < 4.78 is 0. The summed E-state index contributed by atoms with van der Waals surface area (Å²) in [5.41, 5.74) is 1.97. The molecule has 1 saturated heterocycles. The molecule has 0 radical (unpaired) electrons. The predicted octanol–water partition coefficient (Wildman–Crippen LogP) is 3.74. The number of nitrogens with one attached hydrogen (secondary N) is 1. The van der Waals surface area contributed by atoms with Gasteiger partial charge in [-0.3, -0.25) is 9.69 Å². The molecule has 1 unspecified atom stereocenters. The van der Waals surface area contributed by atoms with Crippen LogP contribution in [0.25, 0.3) is 0 Å². The van der Waals surface area contributed by atoms with E-state index in [1.165, 1.54) is 4.90 Å². The molecule has 4 nitrogen and oxygen atoms in total. The average molecular weight is 322 g/mol. The Morgan fingerprint density at radius 3 is 2.46 bits per heavy atom. The Hall–Kier alpha value is -2.62. The van der Waals surface area contributed by atoms with Crippen LogP contribution >= 0.6 is 0 Å². The fourth-order valence-electron chi connectivity index (χ4n) is 3.37. The van der Waals surface area contributed by atoms with Crippen LogP contribution in [0.2, 0.25) is 0 Å². The van der Waals surface area contributed by atoms with Crippen molar-refractivity contribution >= 4 is 11.9 Å². The summed E-state index contributed by atoms with van der Waals surface area (Å²) in [6.45, 7) is 4.32. The van der Waals surface area contributed by atoms with Crippen molar-refractivity contribution in [1.29, 1.82) is 0 Å². The van der Waals surface area contributed by atoms with Crippen LogP contribution in [-0.4, -0.2) is 16.8 Å². The zero-order chi connectivity index (χ0) is 17.2. The van der Waals surface area contributed by atoms with E-state index in [-0.39, 0.29) is 11.9 Å². The third-order valence-electron chi connectivity index (χ3n) is 4.49. The summed E-state index contributed by atoms with van der Waals surface area (Å²) in [4.78, 5) is 27.0. The highest BCUT2D eigenvalue weighted by molar-refractivity contribution is 6.07. The third kappa shape index (κ3) is 2.80. The second-order valence-corrected chi connectivity index (χ2v) is 6.33. The summed E-state index contributed by atoms with van der Waals surface area (Å²) in [6.07, 6.45) is 1.39. The number of rotatable bonds is 5. The van der Waals surface area contributed by atoms with Gasteiger partial charge in [0, 0.05) is 0 Å². The van der Waals surface area contributed by atoms with E-state index in [0.29, 0.717) is 13.0 Å². The standard InChI is InChI=1S/C20H22N2O2/c1-3-12-20(17-10-5-4-6-11-17)18(23)22(19(24)21-20)14-16-9-7-8-15(2)13-16/h4-11,13H,3,12,14H2,1-2H3,(H,21,24). The van der Waals surface area contributed by atoms with Crippen LogP contribution in [0, 0.1) is 6.92 Å². The summed E-state index contributed by atoms with van der Waals surface area (Å²) in [5, 5.41) is 2.96. The Morgan fingerprint density at radius 1 is 1.04 bits per heavy atom.